The van der Waals surface area contributed by atoms with Crippen molar-refractivity contribution in [2.24, 2.45) is 0 Å². The Morgan fingerprint density at radius 2 is 2.10 bits per heavy atom. The molecule has 3 rings (SSSR count). The number of hydrogen-bond donors (Lipinski definition) is 1. The van der Waals surface area contributed by atoms with Crippen LogP contribution in [0.4, 0.5) is 0 Å². The highest BCUT2D eigenvalue weighted by Gasteiger charge is 2.28. The molecule has 0 spiro atoms. The quantitative estimate of drug-likeness (QED) is 0.939. The molecule has 2 aromatic heterocycles. The lowest BCUT2D eigenvalue weighted by atomic mass is 10.1. The van der Waals surface area contributed by atoms with Crippen LogP contribution < -0.4 is 5.32 Å². The normalized spacial score (nSPS) is 14.8. The molecule has 4 nitrogen and oxygen atoms in total. The molecule has 0 bridgehead atoms. The molecule has 1 aliphatic rings. The van der Waals surface area contributed by atoms with E-state index in [4.69, 9.17) is 0 Å². The second-order valence-corrected chi connectivity index (χ2v) is 6.43. The van der Waals surface area contributed by atoms with Gasteiger partial charge in [0.2, 0.25) is 0 Å². The summed E-state index contributed by atoms with van der Waals surface area (Å²) >= 11 is 1.49. The number of carbonyl (C=O) groups is 1. The summed E-state index contributed by atoms with van der Waals surface area (Å²) in [5.74, 6) is 1.51. The van der Waals surface area contributed by atoms with E-state index in [2.05, 4.69) is 22.2 Å². The highest BCUT2D eigenvalue weighted by atomic mass is 32.1. The second-order valence-electron chi connectivity index (χ2n) is 5.43. The molecule has 0 atom stereocenters. The number of carbonyl (C=O) groups excluding carboxylic acids is 1. The summed E-state index contributed by atoms with van der Waals surface area (Å²) < 4.78 is 0. The first kappa shape index (κ1) is 13.5. The standard InChI is InChI=1S/C15H19N3OS/c1-4-7-16-14(19)12-8(2)11-9(3)17-13(10-5-6-10)18-15(11)20-12/h10H,4-7H2,1-3H3,(H,16,19). The number of hydrogen-bond acceptors (Lipinski definition) is 4. The van der Waals surface area contributed by atoms with Crippen molar-refractivity contribution in [1.29, 1.82) is 0 Å². The number of nitrogens with one attached hydrogen (secondary N) is 1. The van der Waals surface area contributed by atoms with Crippen LogP contribution in [0.1, 0.15) is 58.9 Å². The molecule has 0 saturated heterocycles. The Hall–Kier alpha value is -1.49. The fourth-order valence-electron chi connectivity index (χ4n) is 2.42. The fraction of sp³-hybridized carbons (Fsp3) is 0.533. The molecule has 1 N–H and O–H groups in total. The van der Waals surface area contributed by atoms with Gasteiger partial charge in [-0.1, -0.05) is 6.92 Å². The highest BCUT2D eigenvalue weighted by molar-refractivity contribution is 7.20. The maximum atomic E-state index is 12.2. The molecule has 2 aromatic rings. The zero-order valence-electron chi connectivity index (χ0n) is 12.1. The first-order valence-corrected chi connectivity index (χ1v) is 7.99. The van der Waals surface area contributed by atoms with Crippen molar-refractivity contribution in [1.82, 2.24) is 15.3 Å². The Morgan fingerprint density at radius 1 is 1.35 bits per heavy atom. The van der Waals surface area contributed by atoms with Gasteiger partial charge in [-0.05, 0) is 38.7 Å². The van der Waals surface area contributed by atoms with Gasteiger partial charge in [0.25, 0.3) is 5.91 Å². The van der Waals surface area contributed by atoms with Gasteiger partial charge in [0, 0.05) is 17.8 Å². The van der Waals surface area contributed by atoms with Crippen LogP contribution >= 0.6 is 11.3 Å². The molecule has 0 radical (unpaired) electrons. The average molecular weight is 289 g/mol. The van der Waals surface area contributed by atoms with Gasteiger partial charge in [-0.25, -0.2) is 9.97 Å². The summed E-state index contributed by atoms with van der Waals surface area (Å²) in [6.07, 6.45) is 3.33. The summed E-state index contributed by atoms with van der Waals surface area (Å²) in [6, 6.07) is 0. The topological polar surface area (TPSA) is 54.9 Å². The molecule has 0 unspecified atom stereocenters. The van der Waals surface area contributed by atoms with E-state index >= 15 is 0 Å². The molecule has 1 aliphatic carbocycles. The molecule has 1 amide bonds. The van der Waals surface area contributed by atoms with Crippen molar-refractivity contribution < 1.29 is 4.79 Å². The highest BCUT2D eigenvalue weighted by Crippen LogP contribution is 2.40. The smallest absolute Gasteiger partial charge is 0.261 e. The molecule has 20 heavy (non-hydrogen) atoms. The van der Waals surface area contributed by atoms with Gasteiger partial charge in [-0.3, -0.25) is 4.79 Å². The number of aromatic nitrogens is 2. The molecular weight excluding hydrogens is 270 g/mol. The lowest BCUT2D eigenvalue weighted by Crippen LogP contribution is -2.23. The van der Waals surface area contributed by atoms with Crippen LogP contribution in [-0.4, -0.2) is 22.4 Å². The number of fused-ring (bicyclic) bond motifs is 1. The molecule has 0 aromatic carbocycles. The number of aryl methyl sites for hydroxylation is 2. The Morgan fingerprint density at radius 3 is 2.75 bits per heavy atom. The van der Waals surface area contributed by atoms with Crippen LogP contribution in [0.15, 0.2) is 0 Å². The maximum Gasteiger partial charge on any atom is 0.261 e. The van der Waals surface area contributed by atoms with E-state index in [0.29, 0.717) is 12.5 Å². The lowest BCUT2D eigenvalue weighted by Gasteiger charge is -2.02. The van der Waals surface area contributed by atoms with E-state index in [1.807, 2.05) is 13.8 Å². The molecular formula is C15H19N3OS. The van der Waals surface area contributed by atoms with E-state index in [1.165, 1.54) is 24.2 Å². The summed E-state index contributed by atoms with van der Waals surface area (Å²) in [5, 5.41) is 4.00. The van der Waals surface area contributed by atoms with Gasteiger partial charge in [0.15, 0.2) is 0 Å². The van der Waals surface area contributed by atoms with Crippen LogP contribution in [0.2, 0.25) is 0 Å². The van der Waals surface area contributed by atoms with E-state index < -0.39 is 0 Å². The summed E-state index contributed by atoms with van der Waals surface area (Å²) in [5.41, 5.74) is 2.01. The van der Waals surface area contributed by atoms with Gasteiger partial charge in [0.1, 0.15) is 10.7 Å². The second kappa shape index (κ2) is 5.13. The van der Waals surface area contributed by atoms with Crippen molar-refractivity contribution in [3.8, 4) is 0 Å². The monoisotopic (exact) mass is 289 g/mol. The van der Waals surface area contributed by atoms with Crippen LogP contribution in [0.3, 0.4) is 0 Å². The van der Waals surface area contributed by atoms with E-state index in [-0.39, 0.29) is 5.91 Å². The molecule has 1 fully saturated rings. The maximum absolute atomic E-state index is 12.2. The number of rotatable bonds is 4. The van der Waals surface area contributed by atoms with Crippen molar-refractivity contribution >= 4 is 27.5 Å². The Kier molecular flexibility index (Phi) is 3.46. The minimum Gasteiger partial charge on any atom is -0.351 e. The predicted octanol–water partition coefficient (Wildman–Crippen LogP) is 3.33. The third-order valence-corrected chi connectivity index (χ3v) is 4.86. The zero-order valence-corrected chi connectivity index (χ0v) is 12.9. The van der Waals surface area contributed by atoms with Crippen LogP contribution in [-0.2, 0) is 0 Å². The first-order valence-electron chi connectivity index (χ1n) is 7.17. The van der Waals surface area contributed by atoms with E-state index in [9.17, 15) is 4.79 Å². The van der Waals surface area contributed by atoms with E-state index in [1.54, 1.807) is 0 Å². The third-order valence-electron chi connectivity index (χ3n) is 3.67. The number of amides is 1. The molecule has 0 aliphatic heterocycles. The minimum atomic E-state index is 0.0136. The van der Waals surface area contributed by atoms with Crippen molar-refractivity contribution in [2.75, 3.05) is 6.54 Å². The van der Waals surface area contributed by atoms with Crippen molar-refractivity contribution in [3.05, 3.63) is 22.0 Å². The molecule has 106 valence electrons. The van der Waals surface area contributed by atoms with E-state index in [0.717, 1.165) is 38.6 Å². The van der Waals surface area contributed by atoms with Crippen LogP contribution in [0.25, 0.3) is 10.2 Å². The summed E-state index contributed by atoms with van der Waals surface area (Å²) in [6.45, 7) is 6.77. The van der Waals surface area contributed by atoms with Gasteiger partial charge in [-0.2, -0.15) is 0 Å². The largest absolute Gasteiger partial charge is 0.351 e. The minimum absolute atomic E-state index is 0.0136. The van der Waals surface area contributed by atoms with Crippen molar-refractivity contribution in [2.45, 2.75) is 46.0 Å². The zero-order chi connectivity index (χ0) is 14.3. The first-order chi connectivity index (χ1) is 9.61. The Labute approximate surface area is 122 Å². The SMILES string of the molecule is CCCNC(=O)c1sc2nc(C3CC3)nc(C)c2c1C. The lowest BCUT2D eigenvalue weighted by molar-refractivity contribution is 0.0957. The van der Waals surface area contributed by atoms with Gasteiger partial charge in [-0.15, -0.1) is 11.3 Å². The van der Waals surface area contributed by atoms with Crippen LogP contribution in [0, 0.1) is 13.8 Å². The van der Waals surface area contributed by atoms with Crippen molar-refractivity contribution in [3.63, 3.8) is 0 Å². The van der Waals surface area contributed by atoms with Gasteiger partial charge >= 0.3 is 0 Å². The Bertz CT molecular complexity index is 673. The van der Waals surface area contributed by atoms with Crippen LogP contribution in [0.5, 0.6) is 0 Å². The third kappa shape index (κ3) is 2.30. The fourth-order valence-corrected chi connectivity index (χ4v) is 3.57. The molecule has 1 saturated carbocycles. The Balaban J connectivity index is 2.04. The predicted molar refractivity (Wildman–Crippen MR) is 81.5 cm³/mol. The number of thiophene rings is 1. The molecule has 2 heterocycles. The van der Waals surface area contributed by atoms with Gasteiger partial charge < -0.3 is 5.32 Å². The average Bonchev–Trinajstić information content (AvgIpc) is 3.21. The summed E-state index contributed by atoms with van der Waals surface area (Å²) in [4.78, 5) is 23.2. The number of nitrogens with zero attached hydrogens (tertiary/aromatic N) is 2. The summed E-state index contributed by atoms with van der Waals surface area (Å²) in [7, 11) is 0. The molecule has 5 heteroatoms. The van der Waals surface area contributed by atoms with Gasteiger partial charge in [0.05, 0.1) is 10.6 Å².